The van der Waals surface area contributed by atoms with Crippen LogP contribution in [0.2, 0.25) is 5.02 Å². The number of rotatable bonds is 6. The summed E-state index contributed by atoms with van der Waals surface area (Å²) in [5.74, 6) is 0.698. The number of carbonyl (C=O) groups is 1. The van der Waals surface area contributed by atoms with E-state index < -0.39 is 0 Å². The van der Waals surface area contributed by atoms with Crippen LogP contribution in [0.4, 0.5) is 0 Å². The minimum Gasteiger partial charge on any atom is -0.305 e. The number of amides is 1. The predicted octanol–water partition coefficient (Wildman–Crippen LogP) is 3.69. The van der Waals surface area contributed by atoms with Gasteiger partial charge in [0.05, 0.1) is 12.0 Å². The smallest absolute Gasteiger partial charge is 0.250 e. The van der Waals surface area contributed by atoms with Crippen LogP contribution in [0.15, 0.2) is 58.8 Å². The molecule has 0 aliphatic rings. The van der Waals surface area contributed by atoms with Gasteiger partial charge in [0, 0.05) is 17.6 Å². The molecular formula is C19H18ClN5OS. The zero-order valence-electron chi connectivity index (χ0n) is 14.9. The van der Waals surface area contributed by atoms with Gasteiger partial charge in [-0.05, 0) is 36.8 Å². The molecule has 1 amide bonds. The first-order valence-corrected chi connectivity index (χ1v) is 9.56. The number of halogens is 1. The Balaban J connectivity index is 1.54. The van der Waals surface area contributed by atoms with Gasteiger partial charge < -0.3 is 4.57 Å². The van der Waals surface area contributed by atoms with Crippen molar-refractivity contribution in [2.45, 2.75) is 12.1 Å². The third-order valence-electron chi connectivity index (χ3n) is 3.75. The van der Waals surface area contributed by atoms with Crippen LogP contribution in [-0.4, -0.2) is 32.6 Å². The molecule has 0 aliphatic carbocycles. The standard InChI is InChI=1S/C19H18ClN5OS/c1-13-3-5-14(6-4-13)11-21-22-17(26)12-27-19-24-23-18(25(19)2)15-7-9-16(20)10-8-15/h3-11H,12H2,1-2H3,(H,22,26)/b21-11+. The highest BCUT2D eigenvalue weighted by molar-refractivity contribution is 7.99. The van der Waals surface area contributed by atoms with Crippen molar-refractivity contribution in [3.8, 4) is 11.4 Å². The first-order chi connectivity index (χ1) is 13.0. The fraction of sp³-hybridized carbons (Fsp3) is 0.158. The Morgan fingerprint density at radius 1 is 1.19 bits per heavy atom. The van der Waals surface area contributed by atoms with E-state index in [0.717, 1.165) is 11.1 Å². The summed E-state index contributed by atoms with van der Waals surface area (Å²) in [5.41, 5.74) is 5.53. The Morgan fingerprint density at radius 2 is 1.89 bits per heavy atom. The second-order valence-electron chi connectivity index (χ2n) is 5.86. The second-order valence-corrected chi connectivity index (χ2v) is 7.24. The zero-order chi connectivity index (χ0) is 19.2. The molecule has 3 aromatic rings. The monoisotopic (exact) mass is 399 g/mol. The molecule has 0 spiro atoms. The maximum absolute atomic E-state index is 12.0. The lowest BCUT2D eigenvalue weighted by Crippen LogP contribution is -2.19. The number of aryl methyl sites for hydroxylation is 1. The molecule has 138 valence electrons. The van der Waals surface area contributed by atoms with E-state index in [4.69, 9.17) is 11.6 Å². The predicted molar refractivity (Wildman–Crippen MR) is 109 cm³/mol. The number of hydrogen-bond acceptors (Lipinski definition) is 5. The van der Waals surface area contributed by atoms with Crippen LogP contribution in [0.1, 0.15) is 11.1 Å². The number of carbonyl (C=O) groups excluding carboxylic acids is 1. The second kappa shape index (κ2) is 8.83. The highest BCUT2D eigenvalue weighted by Gasteiger charge is 2.12. The summed E-state index contributed by atoms with van der Waals surface area (Å²) in [6.45, 7) is 2.02. The molecule has 1 N–H and O–H groups in total. The lowest BCUT2D eigenvalue weighted by molar-refractivity contribution is -0.118. The Morgan fingerprint density at radius 3 is 2.59 bits per heavy atom. The number of nitrogens with zero attached hydrogens (tertiary/aromatic N) is 4. The zero-order valence-corrected chi connectivity index (χ0v) is 16.5. The lowest BCUT2D eigenvalue weighted by atomic mass is 10.2. The topological polar surface area (TPSA) is 72.2 Å². The molecule has 0 saturated heterocycles. The van der Waals surface area contributed by atoms with Crippen molar-refractivity contribution in [3.63, 3.8) is 0 Å². The quantitative estimate of drug-likeness (QED) is 0.390. The number of nitrogens with one attached hydrogen (secondary N) is 1. The summed E-state index contributed by atoms with van der Waals surface area (Å²) < 4.78 is 1.84. The minimum atomic E-state index is -0.209. The molecule has 2 aromatic carbocycles. The van der Waals surface area contributed by atoms with Gasteiger partial charge in [0.25, 0.3) is 5.91 Å². The Labute approximate surface area is 166 Å². The Kier molecular flexibility index (Phi) is 6.26. The van der Waals surface area contributed by atoms with Crippen molar-refractivity contribution in [2.75, 3.05) is 5.75 Å². The first kappa shape index (κ1) is 19.1. The average Bonchev–Trinajstić information content (AvgIpc) is 3.03. The van der Waals surface area contributed by atoms with Gasteiger partial charge in [-0.1, -0.05) is 53.2 Å². The van der Waals surface area contributed by atoms with Gasteiger partial charge >= 0.3 is 0 Å². The molecule has 0 fully saturated rings. The van der Waals surface area contributed by atoms with Crippen LogP contribution < -0.4 is 5.43 Å². The molecule has 6 nitrogen and oxygen atoms in total. The molecule has 0 radical (unpaired) electrons. The van der Waals surface area contributed by atoms with Crippen molar-refractivity contribution in [3.05, 3.63) is 64.7 Å². The molecule has 1 heterocycles. The number of hydrogen-bond donors (Lipinski definition) is 1. The van der Waals surface area contributed by atoms with E-state index in [2.05, 4.69) is 20.7 Å². The Hall–Kier alpha value is -2.64. The van der Waals surface area contributed by atoms with E-state index in [9.17, 15) is 4.79 Å². The maximum Gasteiger partial charge on any atom is 0.250 e. The van der Waals surface area contributed by atoms with E-state index in [0.29, 0.717) is 16.0 Å². The molecule has 0 aliphatic heterocycles. The van der Waals surface area contributed by atoms with E-state index in [1.54, 1.807) is 18.3 Å². The fourth-order valence-electron chi connectivity index (χ4n) is 2.28. The van der Waals surface area contributed by atoms with Gasteiger partial charge in [0.1, 0.15) is 0 Å². The summed E-state index contributed by atoms with van der Waals surface area (Å²) in [4.78, 5) is 12.0. The fourth-order valence-corrected chi connectivity index (χ4v) is 3.11. The molecule has 27 heavy (non-hydrogen) atoms. The summed E-state index contributed by atoms with van der Waals surface area (Å²) in [6.07, 6.45) is 1.61. The van der Waals surface area contributed by atoms with Gasteiger partial charge in [-0.25, -0.2) is 5.43 Å². The van der Waals surface area contributed by atoms with Crippen molar-refractivity contribution in [2.24, 2.45) is 12.1 Å². The van der Waals surface area contributed by atoms with Gasteiger partial charge in [-0.2, -0.15) is 5.10 Å². The van der Waals surface area contributed by atoms with Crippen LogP contribution >= 0.6 is 23.4 Å². The van der Waals surface area contributed by atoms with E-state index >= 15 is 0 Å². The first-order valence-electron chi connectivity index (χ1n) is 8.19. The maximum atomic E-state index is 12.0. The molecule has 1 aromatic heterocycles. The summed E-state index contributed by atoms with van der Waals surface area (Å²) in [5, 5.41) is 13.6. The molecular weight excluding hydrogens is 382 g/mol. The van der Waals surface area contributed by atoms with Gasteiger partial charge in [0.2, 0.25) is 0 Å². The summed E-state index contributed by atoms with van der Waals surface area (Å²) in [7, 11) is 1.86. The summed E-state index contributed by atoms with van der Waals surface area (Å²) in [6, 6.07) is 15.2. The van der Waals surface area contributed by atoms with Crippen molar-refractivity contribution >= 4 is 35.5 Å². The largest absolute Gasteiger partial charge is 0.305 e. The lowest BCUT2D eigenvalue weighted by Gasteiger charge is -2.04. The molecule has 0 unspecified atom stereocenters. The summed E-state index contributed by atoms with van der Waals surface area (Å²) >= 11 is 7.21. The van der Waals surface area contributed by atoms with Crippen LogP contribution in [0.25, 0.3) is 11.4 Å². The third-order valence-corrected chi connectivity index (χ3v) is 5.02. The van der Waals surface area contributed by atoms with Gasteiger partial charge in [0.15, 0.2) is 11.0 Å². The van der Waals surface area contributed by atoms with Crippen molar-refractivity contribution < 1.29 is 4.79 Å². The van der Waals surface area contributed by atoms with Crippen molar-refractivity contribution in [1.29, 1.82) is 0 Å². The molecule has 0 bridgehead atoms. The van der Waals surface area contributed by atoms with E-state index in [-0.39, 0.29) is 11.7 Å². The van der Waals surface area contributed by atoms with Gasteiger partial charge in [-0.3, -0.25) is 4.79 Å². The van der Waals surface area contributed by atoms with Crippen LogP contribution in [0, 0.1) is 6.92 Å². The number of hydrazone groups is 1. The number of benzene rings is 2. The molecule has 3 rings (SSSR count). The highest BCUT2D eigenvalue weighted by atomic mass is 35.5. The highest BCUT2D eigenvalue weighted by Crippen LogP contribution is 2.23. The van der Waals surface area contributed by atoms with Crippen LogP contribution in [0.3, 0.4) is 0 Å². The van der Waals surface area contributed by atoms with Crippen LogP contribution in [-0.2, 0) is 11.8 Å². The average molecular weight is 400 g/mol. The number of aromatic nitrogens is 3. The number of thioether (sulfide) groups is 1. The Bertz CT molecular complexity index is 951. The molecule has 0 atom stereocenters. The SMILES string of the molecule is Cc1ccc(/C=N/NC(=O)CSc2nnc(-c3ccc(Cl)cc3)n2C)cc1. The van der Waals surface area contributed by atoms with E-state index in [1.165, 1.54) is 17.3 Å². The normalized spacial score (nSPS) is 11.1. The molecule has 8 heteroatoms. The van der Waals surface area contributed by atoms with Crippen molar-refractivity contribution in [1.82, 2.24) is 20.2 Å². The van der Waals surface area contributed by atoms with Crippen LogP contribution in [0.5, 0.6) is 0 Å². The molecule has 0 saturated carbocycles. The minimum absolute atomic E-state index is 0.192. The third kappa shape index (κ3) is 5.18. The van der Waals surface area contributed by atoms with Gasteiger partial charge in [-0.15, -0.1) is 10.2 Å². The van der Waals surface area contributed by atoms with E-state index in [1.807, 2.05) is 54.9 Å².